The maximum atomic E-state index is 6.28. The highest BCUT2D eigenvalue weighted by atomic mass is 32.1. The summed E-state index contributed by atoms with van der Waals surface area (Å²) in [5, 5.41) is 4.25. The Morgan fingerprint density at radius 2 is 2.05 bits per heavy atom. The Labute approximate surface area is 118 Å². The Morgan fingerprint density at radius 1 is 1.21 bits per heavy atom. The van der Waals surface area contributed by atoms with Crippen LogP contribution in [0.5, 0.6) is 11.5 Å². The van der Waals surface area contributed by atoms with Crippen molar-refractivity contribution < 1.29 is 9.47 Å². The van der Waals surface area contributed by atoms with Crippen molar-refractivity contribution in [2.75, 3.05) is 14.2 Å². The Kier molecular flexibility index (Phi) is 4.82. The summed E-state index contributed by atoms with van der Waals surface area (Å²) in [4.78, 5) is 0. The molecule has 0 aliphatic rings. The van der Waals surface area contributed by atoms with Crippen molar-refractivity contribution in [2.24, 2.45) is 5.73 Å². The lowest BCUT2D eigenvalue weighted by Gasteiger charge is -2.17. The molecule has 0 bridgehead atoms. The third-order valence-electron chi connectivity index (χ3n) is 3.16. The fourth-order valence-corrected chi connectivity index (χ4v) is 2.82. The third kappa shape index (κ3) is 3.28. The van der Waals surface area contributed by atoms with Crippen LogP contribution in [0.25, 0.3) is 0 Å². The molecule has 1 unspecified atom stereocenters. The van der Waals surface area contributed by atoms with Gasteiger partial charge in [-0.05, 0) is 41.3 Å². The van der Waals surface area contributed by atoms with E-state index in [1.165, 1.54) is 5.56 Å². The van der Waals surface area contributed by atoms with Crippen LogP contribution in [0.4, 0.5) is 0 Å². The highest BCUT2D eigenvalue weighted by Gasteiger charge is 2.15. The van der Waals surface area contributed by atoms with Gasteiger partial charge in [-0.3, -0.25) is 0 Å². The van der Waals surface area contributed by atoms with Gasteiger partial charge in [-0.1, -0.05) is 12.1 Å². The molecule has 0 saturated heterocycles. The number of ether oxygens (including phenoxy) is 2. The number of hydrogen-bond acceptors (Lipinski definition) is 4. The van der Waals surface area contributed by atoms with E-state index in [2.05, 4.69) is 16.8 Å². The number of aryl methyl sites for hydroxylation is 1. The molecule has 1 aromatic heterocycles. The average Bonchev–Trinajstić information content (AvgIpc) is 2.97. The zero-order valence-electron chi connectivity index (χ0n) is 11.3. The number of benzene rings is 1. The predicted octanol–water partition coefficient (Wildman–Crippen LogP) is 3.40. The van der Waals surface area contributed by atoms with E-state index in [-0.39, 0.29) is 6.04 Å². The number of nitrogens with two attached hydrogens (primary N) is 1. The Hall–Kier alpha value is -1.52. The SMILES string of the molecule is COc1cccc(C(N)CCc2ccsc2)c1OC. The topological polar surface area (TPSA) is 44.5 Å². The molecule has 1 heterocycles. The van der Waals surface area contributed by atoms with Crippen LogP contribution >= 0.6 is 11.3 Å². The van der Waals surface area contributed by atoms with Crippen LogP contribution in [0.15, 0.2) is 35.0 Å². The van der Waals surface area contributed by atoms with E-state index in [9.17, 15) is 0 Å². The lowest BCUT2D eigenvalue weighted by atomic mass is 9.99. The fourth-order valence-electron chi connectivity index (χ4n) is 2.12. The Bertz CT molecular complexity index is 511. The molecule has 0 saturated carbocycles. The van der Waals surface area contributed by atoms with Crippen LogP contribution in [0, 0.1) is 0 Å². The first-order valence-electron chi connectivity index (χ1n) is 6.23. The number of rotatable bonds is 6. The minimum absolute atomic E-state index is 0.0510. The molecule has 3 nitrogen and oxygen atoms in total. The predicted molar refractivity (Wildman–Crippen MR) is 79.1 cm³/mol. The van der Waals surface area contributed by atoms with Gasteiger partial charge in [0.2, 0.25) is 0 Å². The molecule has 102 valence electrons. The zero-order valence-corrected chi connectivity index (χ0v) is 12.1. The Balaban J connectivity index is 2.11. The summed E-state index contributed by atoms with van der Waals surface area (Å²) in [6.45, 7) is 0. The summed E-state index contributed by atoms with van der Waals surface area (Å²) >= 11 is 1.72. The molecular weight excluding hydrogens is 258 g/mol. The lowest BCUT2D eigenvalue weighted by molar-refractivity contribution is 0.349. The van der Waals surface area contributed by atoms with Gasteiger partial charge >= 0.3 is 0 Å². The van der Waals surface area contributed by atoms with Crippen LogP contribution in [0.1, 0.15) is 23.6 Å². The maximum absolute atomic E-state index is 6.28. The largest absolute Gasteiger partial charge is 0.493 e. The molecule has 1 atom stereocenters. The summed E-state index contributed by atoms with van der Waals surface area (Å²) in [5.74, 6) is 1.47. The third-order valence-corrected chi connectivity index (χ3v) is 3.89. The van der Waals surface area contributed by atoms with E-state index >= 15 is 0 Å². The monoisotopic (exact) mass is 277 g/mol. The molecule has 2 aromatic rings. The first-order valence-corrected chi connectivity index (χ1v) is 7.18. The second-order valence-electron chi connectivity index (χ2n) is 4.36. The highest BCUT2D eigenvalue weighted by molar-refractivity contribution is 7.07. The van der Waals surface area contributed by atoms with Crippen molar-refractivity contribution >= 4 is 11.3 Å². The fraction of sp³-hybridized carbons (Fsp3) is 0.333. The second-order valence-corrected chi connectivity index (χ2v) is 5.14. The summed E-state index contributed by atoms with van der Waals surface area (Å²) in [7, 11) is 3.28. The molecule has 2 rings (SSSR count). The zero-order chi connectivity index (χ0) is 13.7. The van der Waals surface area contributed by atoms with Crippen molar-refractivity contribution in [3.63, 3.8) is 0 Å². The summed E-state index contributed by atoms with van der Waals surface area (Å²) in [6.07, 6.45) is 1.87. The molecule has 0 fully saturated rings. The molecule has 0 aliphatic carbocycles. The van der Waals surface area contributed by atoms with Crippen molar-refractivity contribution in [1.29, 1.82) is 0 Å². The molecule has 0 amide bonds. The highest BCUT2D eigenvalue weighted by Crippen LogP contribution is 2.35. The van der Waals surface area contributed by atoms with E-state index < -0.39 is 0 Å². The molecule has 0 spiro atoms. The van der Waals surface area contributed by atoms with Crippen LogP contribution < -0.4 is 15.2 Å². The van der Waals surface area contributed by atoms with E-state index in [0.29, 0.717) is 0 Å². The quantitative estimate of drug-likeness (QED) is 0.880. The van der Waals surface area contributed by atoms with Gasteiger partial charge in [-0.25, -0.2) is 0 Å². The standard InChI is InChI=1S/C15H19NO2S/c1-17-14-5-3-4-12(15(14)18-2)13(16)7-6-11-8-9-19-10-11/h3-5,8-10,13H,6-7,16H2,1-2H3. The first-order chi connectivity index (χ1) is 9.26. The average molecular weight is 277 g/mol. The molecule has 2 N–H and O–H groups in total. The van der Waals surface area contributed by atoms with Gasteiger partial charge in [0.05, 0.1) is 14.2 Å². The van der Waals surface area contributed by atoms with Gasteiger partial charge in [0, 0.05) is 11.6 Å². The van der Waals surface area contributed by atoms with Gasteiger partial charge in [0.25, 0.3) is 0 Å². The molecule has 0 radical (unpaired) electrons. The second kappa shape index (κ2) is 6.59. The summed E-state index contributed by atoms with van der Waals surface area (Å²) in [5.41, 5.74) is 8.61. The van der Waals surface area contributed by atoms with Crippen molar-refractivity contribution in [1.82, 2.24) is 0 Å². The molecule has 4 heteroatoms. The lowest BCUT2D eigenvalue weighted by Crippen LogP contribution is -2.13. The molecule has 1 aromatic carbocycles. The van der Waals surface area contributed by atoms with E-state index in [0.717, 1.165) is 29.9 Å². The van der Waals surface area contributed by atoms with Crippen molar-refractivity contribution in [3.05, 3.63) is 46.2 Å². The van der Waals surface area contributed by atoms with Crippen LogP contribution in [-0.2, 0) is 6.42 Å². The number of thiophene rings is 1. The van der Waals surface area contributed by atoms with Crippen molar-refractivity contribution in [2.45, 2.75) is 18.9 Å². The molecule has 0 aliphatic heterocycles. The minimum Gasteiger partial charge on any atom is -0.493 e. The van der Waals surface area contributed by atoms with E-state index in [1.54, 1.807) is 25.6 Å². The van der Waals surface area contributed by atoms with Gasteiger partial charge < -0.3 is 15.2 Å². The first kappa shape index (κ1) is 13.9. The van der Waals surface area contributed by atoms with Crippen LogP contribution in [0.3, 0.4) is 0 Å². The number of methoxy groups -OCH3 is 2. The van der Waals surface area contributed by atoms with Crippen molar-refractivity contribution in [3.8, 4) is 11.5 Å². The summed E-state index contributed by atoms with van der Waals surface area (Å²) < 4.78 is 10.7. The van der Waals surface area contributed by atoms with Gasteiger partial charge in [-0.15, -0.1) is 0 Å². The van der Waals surface area contributed by atoms with E-state index in [1.807, 2.05) is 18.2 Å². The Morgan fingerprint density at radius 3 is 2.68 bits per heavy atom. The number of hydrogen-bond donors (Lipinski definition) is 1. The number of para-hydroxylation sites is 1. The van der Waals surface area contributed by atoms with Crippen LogP contribution in [-0.4, -0.2) is 14.2 Å². The smallest absolute Gasteiger partial charge is 0.165 e. The maximum Gasteiger partial charge on any atom is 0.165 e. The van der Waals surface area contributed by atoms with E-state index in [4.69, 9.17) is 15.2 Å². The van der Waals surface area contributed by atoms with Crippen LogP contribution in [0.2, 0.25) is 0 Å². The molecular formula is C15H19NO2S. The normalized spacial score (nSPS) is 12.2. The minimum atomic E-state index is -0.0510. The molecule has 19 heavy (non-hydrogen) atoms. The van der Waals surface area contributed by atoms with Gasteiger partial charge in [-0.2, -0.15) is 11.3 Å². The summed E-state index contributed by atoms with van der Waals surface area (Å²) in [6, 6.07) is 7.92. The van der Waals surface area contributed by atoms with Gasteiger partial charge in [0.1, 0.15) is 0 Å². The van der Waals surface area contributed by atoms with Gasteiger partial charge in [0.15, 0.2) is 11.5 Å².